The molecule has 1 aromatic heterocycles. The Labute approximate surface area is 253 Å². The molecule has 5 rings (SSSR count). The fraction of sp³-hybridized carbons (Fsp3) is 0.394. The number of hydrogen-bond donors (Lipinski definition) is 2. The summed E-state index contributed by atoms with van der Waals surface area (Å²) in [7, 11) is 3.98. The summed E-state index contributed by atoms with van der Waals surface area (Å²) >= 11 is 0. The average Bonchev–Trinajstić information content (AvgIpc) is 3.45. The fourth-order valence-corrected chi connectivity index (χ4v) is 5.98. The lowest BCUT2D eigenvalue weighted by Crippen LogP contribution is -2.53. The Kier molecular flexibility index (Phi) is 10.1. The van der Waals surface area contributed by atoms with Crippen LogP contribution in [0.2, 0.25) is 0 Å². The lowest BCUT2D eigenvalue weighted by molar-refractivity contribution is 0.0687. The number of urea groups is 1. The van der Waals surface area contributed by atoms with Crippen LogP contribution < -0.4 is 10.6 Å². The van der Waals surface area contributed by atoms with Gasteiger partial charge in [0.1, 0.15) is 5.82 Å². The molecule has 4 aromatic rings. The zero-order valence-electron chi connectivity index (χ0n) is 25.2. The molecule has 10 heteroatoms. The molecule has 1 fully saturated rings. The minimum Gasteiger partial charge on any atom is -0.337 e. The second-order valence-corrected chi connectivity index (χ2v) is 11.4. The summed E-state index contributed by atoms with van der Waals surface area (Å²) in [5.74, 6) is 0.674. The molecule has 2 atom stereocenters. The van der Waals surface area contributed by atoms with Gasteiger partial charge in [0.25, 0.3) is 0 Å². The third-order valence-electron chi connectivity index (χ3n) is 8.31. The number of likely N-dealkylation sites (tertiary alicyclic amines) is 1. The predicted octanol–water partition coefficient (Wildman–Crippen LogP) is 4.77. The third kappa shape index (κ3) is 8.24. The smallest absolute Gasteiger partial charge is 0.319 e. The highest BCUT2D eigenvalue weighted by Crippen LogP contribution is 2.25. The first-order valence-corrected chi connectivity index (χ1v) is 15.0. The maximum atomic E-state index is 13.4. The number of nitrogens with one attached hydrogen (secondary N) is 2. The average molecular weight is 585 g/mol. The molecule has 2 N–H and O–H groups in total. The number of hydrogen-bond acceptors (Lipinski definition) is 6. The van der Waals surface area contributed by atoms with Crippen molar-refractivity contribution in [2.75, 3.05) is 38.5 Å². The minimum atomic E-state index is -0.233. The molecular weight excluding hydrogens is 543 g/mol. The number of rotatable bonds is 11. The third-order valence-corrected chi connectivity index (χ3v) is 8.31. The summed E-state index contributed by atoms with van der Waals surface area (Å²) < 4.78 is 15.0. The SMILES string of the molecule is CCc1cc(NC(=O)NCC2CN(CCc3ccc(F)cc3)CCC2N(C)Cc2ccccc2)cc(-c2nnnn2C)c1. The van der Waals surface area contributed by atoms with E-state index in [1.807, 2.05) is 36.4 Å². The lowest BCUT2D eigenvalue weighted by Gasteiger charge is -2.43. The maximum Gasteiger partial charge on any atom is 0.319 e. The number of anilines is 1. The molecule has 1 aliphatic heterocycles. The number of nitrogens with zero attached hydrogens (tertiary/aromatic N) is 6. The zero-order valence-corrected chi connectivity index (χ0v) is 25.2. The van der Waals surface area contributed by atoms with Crippen LogP contribution in [-0.2, 0) is 26.4 Å². The Morgan fingerprint density at radius 3 is 2.56 bits per heavy atom. The molecule has 0 saturated carbocycles. The van der Waals surface area contributed by atoms with Crippen molar-refractivity contribution in [3.63, 3.8) is 0 Å². The van der Waals surface area contributed by atoms with Crippen molar-refractivity contribution in [3.8, 4) is 11.4 Å². The van der Waals surface area contributed by atoms with Gasteiger partial charge in [0, 0.05) is 56.4 Å². The topological polar surface area (TPSA) is 91.2 Å². The molecule has 0 aliphatic carbocycles. The van der Waals surface area contributed by atoms with Crippen LogP contribution >= 0.6 is 0 Å². The molecule has 226 valence electrons. The van der Waals surface area contributed by atoms with Crippen LogP contribution in [0.15, 0.2) is 72.8 Å². The van der Waals surface area contributed by atoms with Crippen LogP contribution in [0, 0.1) is 11.7 Å². The highest BCUT2D eigenvalue weighted by molar-refractivity contribution is 5.90. The molecule has 2 unspecified atom stereocenters. The standard InChI is InChI=1S/C33H41FN8O/c1-4-24-18-27(32-37-38-39-41(32)3)20-30(19-24)36-33(43)35-21-28-23-42(16-14-25-10-12-29(34)13-11-25)17-15-31(28)40(2)22-26-8-6-5-7-9-26/h5-13,18-20,28,31H,4,14-17,21-23H2,1-3H3,(H2,35,36,43). The van der Waals surface area contributed by atoms with Crippen LogP contribution in [0.25, 0.3) is 11.4 Å². The summed E-state index contributed by atoms with van der Waals surface area (Å²) in [6.45, 7) is 6.24. The van der Waals surface area contributed by atoms with E-state index in [0.717, 1.165) is 62.1 Å². The molecule has 0 spiro atoms. The van der Waals surface area contributed by atoms with E-state index in [0.29, 0.717) is 24.1 Å². The molecule has 1 aliphatic rings. The monoisotopic (exact) mass is 584 g/mol. The molecule has 2 heterocycles. The van der Waals surface area contributed by atoms with Crippen molar-refractivity contribution in [2.45, 2.75) is 38.8 Å². The number of aryl methyl sites for hydroxylation is 2. The highest BCUT2D eigenvalue weighted by atomic mass is 19.1. The van der Waals surface area contributed by atoms with Crippen LogP contribution in [0.3, 0.4) is 0 Å². The molecule has 43 heavy (non-hydrogen) atoms. The molecule has 3 aromatic carbocycles. The summed E-state index contributed by atoms with van der Waals surface area (Å²) in [5, 5.41) is 18.0. The van der Waals surface area contributed by atoms with Crippen LogP contribution in [-0.4, -0.2) is 75.3 Å². The van der Waals surface area contributed by atoms with Crippen LogP contribution in [0.5, 0.6) is 0 Å². The number of tetrazole rings is 1. The first-order valence-electron chi connectivity index (χ1n) is 15.0. The van der Waals surface area contributed by atoms with Gasteiger partial charge >= 0.3 is 6.03 Å². The quantitative estimate of drug-likeness (QED) is 0.264. The van der Waals surface area contributed by atoms with E-state index in [1.165, 1.54) is 17.7 Å². The Bertz CT molecular complexity index is 1480. The van der Waals surface area contributed by atoms with E-state index in [4.69, 9.17) is 0 Å². The van der Waals surface area contributed by atoms with Crippen molar-refractivity contribution >= 4 is 11.7 Å². The number of amides is 2. The van der Waals surface area contributed by atoms with Gasteiger partial charge in [-0.15, -0.1) is 5.10 Å². The molecule has 9 nitrogen and oxygen atoms in total. The van der Waals surface area contributed by atoms with E-state index in [9.17, 15) is 9.18 Å². The van der Waals surface area contributed by atoms with Gasteiger partial charge in [0.05, 0.1) is 0 Å². The van der Waals surface area contributed by atoms with E-state index in [-0.39, 0.29) is 17.8 Å². The summed E-state index contributed by atoms with van der Waals surface area (Å²) in [6, 6.07) is 23.3. The van der Waals surface area contributed by atoms with Gasteiger partial charge in [-0.1, -0.05) is 49.4 Å². The van der Waals surface area contributed by atoms with Crippen LogP contribution in [0.4, 0.5) is 14.9 Å². The van der Waals surface area contributed by atoms with Crippen molar-refractivity contribution in [1.82, 2.24) is 35.3 Å². The van der Waals surface area contributed by atoms with E-state index >= 15 is 0 Å². The molecular formula is C33H41FN8O. The number of aromatic nitrogens is 4. The predicted molar refractivity (Wildman–Crippen MR) is 167 cm³/mol. The summed E-state index contributed by atoms with van der Waals surface area (Å²) in [4.78, 5) is 18.1. The van der Waals surface area contributed by atoms with Crippen molar-refractivity contribution in [2.24, 2.45) is 13.0 Å². The van der Waals surface area contributed by atoms with Gasteiger partial charge in [-0.2, -0.15) is 0 Å². The first-order chi connectivity index (χ1) is 20.9. The van der Waals surface area contributed by atoms with Crippen molar-refractivity contribution < 1.29 is 9.18 Å². The number of carbonyl (C=O) groups is 1. The van der Waals surface area contributed by atoms with Crippen LogP contribution in [0.1, 0.15) is 30.0 Å². The van der Waals surface area contributed by atoms with Crippen molar-refractivity contribution in [1.29, 1.82) is 0 Å². The Balaban J connectivity index is 1.24. The molecule has 2 amide bonds. The van der Waals surface area contributed by atoms with E-state index < -0.39 is 0 Å². The van der Waals surface area contributed by atoms with Gasteiger partial charge in [-0.05, 0) is 90.3 Å². The molecule has 0 bridgehead atoms. The first kappa shape index (κ1) is 30.3. The largest absolute Gasteiger partial charge is 0.337 e. The van der Waals surface area contributed by atoms with Gasteiger partial charge in [0.15, 0.2) is 5.82 Å². The Morgan fingerprint density at radius 2 is 1.84 bits per heavy atom. The van der Waals surface area contributed by atoms with Gasteiger partial charge in [-0.3, -0.25) is 4.90 Å². The zero-order chi connectivity index (χ0) is 30.2. The van der Waals surface area contributed by atoms with Gasteiger partial charge in [-0.25, -0.2) is 13.9 Å². The second kappa shape index (κ2) is 14.3. The number of piperidine rings is 1. The highest BCUT2D eigenvalue weighted by Gasteiger charge is 2.32. The maximum absolute atomic E-state index is 13.4. The van der Waals surface area contributed by atoms with Gasteiger partial charge in [0.2, 0.25) is 0 Å². The second-order valence-electron chi connectivity index (χ2n) is 11.4. The molecule has 1 saturated heterocycles. The fourth-order valence-electron chi connectivity index (χ4n) is 5.98. The normalized spacial score (nSPS) is 17.2. The number of halogens is 1. The Hall–Kier alpha value is -4.15. The number of carbonyl (C=O) groups excluding carboxylic acids is 1. The van der Waals surface area contributed by atoms with E-state index in [1.54, 1.807) is 11.7 Å². The summed E-state index contributed by atoms with van der Waals surface area (Å²) in [6.07, 6.45) is 2.69. The number of benzene rings is 3. The van der Waals surface area contributed by atoms with Crippen molar-refractivity contribution in [3.05, 3.63) is 95.3 Å². The summed E-state index contributed by atoms with van der Waals surface area (Å²) in [5.41, 5.74) is 5.05. The van der Waals surface area contributed by atoms with E-state index in [2.05, 4.69) is 74.2 Å². The lowest BCUT2D eigenvalue weighted by atomic mass is 9.90. The Morgan fingerprint density at radius 1 is 1.05 bits per heavy atom. The minimum absolute atomic E-state index is 0.210. The molecule has 0 radical (unpaired) electrons. The van der Waals surface area contributed by atoms with Gasteiger partial charge < -0.3 is 15.5 Å².